The van der Waals surface area contributed by atoms with Crippen LogP contribution in [0.5, 0.6) is 0 Å². The summed E-state index contributed by atoms with van der Waals surface area (Å²) in [5, 5.41) is 2.87. The molecule has 1 aliphatic carbocycles. The second-order valence-electron chi connectivity index (χ2n) is 6.03. The van der Waals surface area contributed by atoms with Crippen LogP contribution < -0.4 is 9.62 Å². The average molecular weight is 344 g/mol. The first-order chi connectivity index (χ1) is 11.4. The number of amides is 1. The zero-order valence-electron chi connectivity index (χ0n) is 13.7. The van der Waals surface area contributed by atoms with Crippen LogP contribution in [0.3, 0.4) is 0 Å². The first-order valence-corrected chi connectivity index (χ1v) is 9.29. The zero-order chi connectivity index (χ0) is 17.3. The molecule has 0 aromatic heterocycles. The number of nitrogens with one attached hydrogen (secondary N) is 1. The Labute approximate surface area is 142 Å². The SMILES string of the molecule is Cc1ccccc1N(C)S(=O)(=O)c1cccc(C(=O)NC2CC2)c1. The van der Waals surface area contributed by atoms with E-state index < -0.39 is 10.0 Å². The van der Waals surface area contributed by atoms with E-state index in [-0.39, 0.29) is 16.8 Å². The van der Waals surface area contributed by atoms with E-state index in [1.54, 1.807) is 24.3 Å². The summed E-state index contributed by atoms with van der Waals surface area (Å²) in [6.07, 6.45) is 1.97. The highest BCUT2D eigenvalue weighted by Gasteiger charge is 2.26. The van der Waals surface area contributed by atoms with Gasteiger partial charge in [0.05, 0.1) is 10.6 Å². The van der Waals surface area contributed by atoms with Crippen LogP contribution in [0.25, 0.3) is 0 Å². The maximum Gasteiger partial charge on any atom is 0.264 e. The maximum absolute atomic E-state index is 12.9. The van der Waals surface area contributed by atoms with Crippen molar-refractivity contribution in [2.75, 3.05) is 11.4 Å². The van der Waals surface area contributed by atoms with Gasteiger partial charge in [-0.1, -0.05) is 24.3 Å². The lowest BCUT2D eigenvalue weighted by Crippen LogP contribution is -2.28. The Hall–Kier alpha value is -2.34. The molecule has 5 nitrogen and oxygen atoms in total. The normalized spacial score (nSPS) is 14.2. The topological polar surface area (TPSA) is 66.5 Å². The number of rotatable bonds is 5. The standard InChI is InChI=1S/C18H20N2O3S/c1-13-6-3-4-9-17(13)20(2)24(22,23)16-8-5-7-14(12-16)18(21)19-15-10-11-15/h3-9,12,15H,10-11H2,1-2H3,(H,19,21). The van der Waals surface area contributed by atoms with Crippen molar-refractivity contribution in [3.05, 3.63) is 59.7 Å². The van der Waals surface area contributed by atoms with Gasteiger partial charge in [0.25, 0.3) is 15.9 Å². The van der Waals surface area contributed by atoms with Gasteiger partial charge >= 0.3 is 0 Å². The van der Waals surface area contributed by atoms with E-state index >= 15 is 0 Å². The number of hydrogen-bond acceptors (Lipinski definition) is 3. The van der Waals surface area contributed by atoms with Gasteiger partial charge in [-0.3, -0.25) is 9.10 Å². The second-order valence-corrected chi connectivity index (χ2v) is 8.00. The zero-order valence-corrected chi connectivity index (χ0v) is 14.5. The number of sulfonamides is 1. The van der Waals surface area contributed by atoms with Crippen molar-refractivity contribution in [2.24, 2.45) is 0 Å². The minimum absolute atomic E-state index is 0.108. The third-order valence-corrected chi connectivity index (χ3v) is 5.89. The van der Waals surface area contributed by atoms with Crippen molar-refractivity contribution in [2.45, 2.75) is 30.7 Å². The minimum Gasteiger partial charge on any atom is -0.349 e. The first kappa shape index (κ1) is 16.5. The molecule has 0 spiro atoms. The Morgan fingerprint density at radius 2 is 1.83 bits per heavy atom. The lowest BCUT2D eigenvalue weighted by Gasteiger charge is -2.21. The fourth-order valence-electron chi connectivity index (χ4n) is 2.50. The maximum atomic E-state index is 12.9. The molecule has 2 aromatic rings. The van der Waals surface area contributed by atoms with Crippen molar-refractivity contribution in [3.63, 3.8) is 0 Å². The molecule has 1 aliphatic rings. The molecular weight excluding hydrogens is 324 g/mol. The van der Waals surface area contributed by atoms with Gasteiger partial charge in [-0.15, -0.1) is 0 Å². The molecule has 2 aromatic carbocycles. The summed E-state index contributed by atoms with van der Waals surface area (Å²) in [6, 6.07) is 13.7. The summed E-state index contributed by atoms with van der Waals surface area (Å²) >= 11 is 0. The number of aryl methyl sites for hydroxylation is 1. The summed E-state index contributed by atoms with van der Waals surface area (Å²) in [4.78, 5) is 12.3. The summed E-state index contributed by atoms with van der Waals surface area (Å²) in [5.74, 6) is -0.229. The van der Waals surface area contributed by atoms with Crippen molar-refractivity contribution in [1.82, 2.24) is 5.32 Å². The van der Waals surface area contributed by atoms with E-state index in [2.05, 4.69) is 5.32 Å². The average Bonchev–Trinajstić information content (AvgIpc) is 3.38. The quantitative estimate of drug-likeness (QED) is 0.907. The molecule has 0 heterocycles. The summed E-state index contributed by atoms with van der Waals surface area (Å²) in [7, 11) is -2.21. The molecule has 1 amide bonds. The number of para-hydroxylation sites is 1. The van der Waals surface area contributed by atoms with Gasteiger partial charge in [0.1, 0.15) is 0 Å². The van der Waals surface area contributed by atoms with Gasteiger partial charge in [-0.25, -0.2) is 8.42 Å². The van der Waals surface area contributed by atoms with Gasteiger partial charge in [-0.05, 0) is 49.6 Å². The largest absolute Gasteiger partial charge is 0.349 e. The van der Waals surface area contributed by atoms with Crippen molar-refractivity contribution < 1.29 is 13.2 Å². The molecule has 1 saturated carbocycles. The molecule has 0 atom stereocenters. The van der Waals surface area contributed by atoms with Gasteiger partial charge in [0.2, 0.25) is 0 Å². The smallest absolute Gasteiger partial charge is 0.264 e. The number of hydrogen-bond donors (Lipinski definition) is 1. The van der Waals surface area contributed by atoms with Crippen molar-refractivity contribution in [1.29, 1.82) is 0 Å². The summed E-state index contributed by atoms with van der Waals surface area (Å²) in [5.41, 5.74) is 1.85. The van der Waals surface area contributed by atoms with Crippen LogP contribution in [0.1, 0.15) is 28.8 Å². The van der Waals surface area contributed by atoms with Gasteiger partial charge < -0.3 is 5.32 Å². The highest BCUT2D eigenvalue weighted by Crippen LogP contribution is 2.26. The number of carbonyl (C=O) groups is 1. The third-order valence-electron chi connectivity index (χ3n) is 4.12. The number of benzene rings is 2. The molecule has 0 radical (unpaired) electrons. The molecule has 3 rings (SSSR count). The number of carbonyl (C=O) groups excluding carboxylic acids is 1. The third kappa shape index (κ3) is 3.28. The number of anilines is 1. The predicted molar refractivity (Wildman–Crippen MR) is 93.7 cm³/mol. The fraction of sp³-hybridized carbons (Fsp3) is 0.278. The van der Waals surface area contributed by atoms with Gasteiger partial charge in [0, 0.05) is 18.7 Å². The van der Waals surface area contributed by atoms with E-state index in [1.807, 2.05) is 19.1 Å². The molecule has 0 aliphatic heterocycles. The van der Waals surface area contributed by atoms with E-state index in [0.717, 1.165) is 18.4 Å². The van der Waals surface area contributed by atoms with E-state index in [0.29, 0.717) is 11.3 Å². The van der Waals surface area contributed by atoms with Gasteiger partial charge in [0.15, 0.2) is 0 Å². The molecule has 1 fully saturated rings. The molecule has 24 heavy (non-hydrogen) atoms. The van der Waals surface area contributed by atoms with Gasteiger partial charge in [-0.2, -0.15) is 0 Å². The number of nitrogens with zero attached hydrogens (tertiary/aromatic N) is 1. The van der Waals surface area contributed by atoms with Crippen LogP contribution >= 0.6 is 0 Å². The molecular formula is C18H20N2O3S. The first-order valence-electron chi connectivity index (χ1n) is 7.85. The van der Waals surface area contributed by atoms with E-state index in [9.17, 15) is 13.2 Å². The van der Waals surface area contributed by atoms with Crippen LogP contribution in [-0.4, -0.2) is 27.4 Å². The Kier molecular flexibility index (Phi) is 4.32. The highest BCUT2D eigenvalue weighted by molar-refractivity contribution is 7.92. The monoisotopic (exact) mass is 344 g/mol. The molecule has 6 heteroatoms. The summed E-state index contributed by atoms with van der Waals surface area (Å²) in [6.45, 7) is 1.86. The Balaban J connectivity index is 1.92. The van der Waals surface area contributed by atoms with Crippen LogP contribution in [0.2, 0.25) is 0 Å². The van der Waals surface area contributed by atoms with Crippen molar-refractivity contribution in [3.8, 4) is 0 Å². The Bertz CT molecular complexity index is 873. The van der Waals surface area contributed by atoms with Crippen LogP contribution in [0.4, 0.5) is 5.69 Å². The predicted octanol–water partition coefficient (Wildman–Crippen LogP) is 2.71. The Morgan fingerprint density at radius 3 is 2.50 bits per heavy atom. The van der Waals surface area contributed by atoms with Crippen LogP contribution in [-0.2, 0) is 10.0 Å². The van der Waals surface area contributed by atoms with Crippen molar-refractivity contribution >= 4 is 21.6 Å². The lowest BCUT2D eigenvalue weighted by molar-refractivity contribution is 0.0951. The molecule has 126 valence electrons. The molecule has 0 saturated heterocycles. The summed E-state index contributed by atoms with van der Waals surface area (Å²) < 4.78 is 27.0. The molecule has 0 unspecified atom stereocenters. The minimum atomic E-state index is -3.73. The van der Waals surface area contributed by atoms with E-state index in [4.69, 9.17) is 0 Å². The van der Waals surface area contributed by atoms with Crippen LogP contribution in [0.15, 0.2) is 53.4 Å². The fourth-order valence-corrected chi connectivity index (χ4v) is 3.80. The molecule has 0 bridgehead atoms. The lowest BCUT2D eigenvalue weighted by atomic mass is 10.2. The Morgan fingerprint density at radius 1 is 1.12 bits per heavy atom. The van der Waals surface area contributed by atoms with Crippen LogP contribution in [0, 0.1) is 6.92 Å². The highest BCUT2D eigenvalue weighted by atomic mass is 32.2. The van der Waals surface area contributed by atoms with E-state index in [1.165, 1.54) is 23.5 Å². The molecule has 1 N–H and O–H groups in total. The second kappa shape index (κ2) is 6.28.